The molecule has 2 atom stereocenters. The van der Waals surface area contributed by atoms with Crippen LogP contribution < -0.4 is 5.32 Å². The van der Waals surface area contributed by atoms with E-state index < -0.39 is 27.1 Å². The van der Waals surface area contributed by atoms with Gasteiger partial charge in [0.15, 0.2) is 0 Å². The van der Waals surface area contributed by atoms with Crippen LogP contribution >= 0.6 is 0 Å². The lowest BCUT2D eigenvalue weighted by Gasteiger charge is -2.34. The maximum atomic E-state index is 13.5. The summed E-state index contributed by atoms with van der Waals surface area (Å²) >= 11 is 0. The third-order valence-electron chi connectivity index (χ3n) is 5.78. The van der Waals surface area contributed by atoms with Gasteiger partial charge in [-0.1, -0.05) is 30.3 Å². The van der Waals surface area contributed by atoms with Crippen LogP contribution in [0.1, 0.15) is 30.0 Å². The lowest BCUT2D eigenvalue weighted by molar-refractivity contribution is -0.133. The molecule has 8 heteroatoms. The molecule has 0 bridgehead atoms. The van der Waals surface area contributed by atoms with Gasteiger partial charge in [0.2, 0.25) is 11.8 Å². The Bertz CT molecular complexity index is 1080. The number of para-hydroxylation sites is 1. The zero-order chi connectivity index (χ0) is 20.8. The van der Waals surface area contributed by atoms with Crippen LogP contribution in [0.3, 0.4) is 0 Å². The van der Waals surface area contributed by atoms with Crippen LogP contribution in [0.25, 0.3) is 0 Å². The smallest absolute Gasteiger partial charge is 0.237 e. The molecule has 4 rings (SSSR count). The van der Waals surface area contributed by atoms with Crippen molar-refractivity contribution in [3.8, 4) is 0 Å². The van der Waals surface area contributed by atoms with Crippen LogP contribution in [0.4, 0.5) is 10.1 Å². The Morgan fingerprint density at radius 3 is 2.59 bits per heavy atom. The first-order chi connectivity index (χ1) is 13.7. The van der Waals surface area contributed by atoms with Crippen molar-refractivity contribution in [1.29, 1.82) is 0 Å². The number of likely N-dealkylation sites (tertiary alicyclic amines) is 1. The number of anilines is 1. The summed E-state index contributed by atoms with van der Waals surface area (Å²) in [6, 6.07) is 12.5. The lowest BCUT2D eigenvalue weighted by atomic mass is 9.72. The van der Waals surface area contributed by atoms with Crippen LogP contribution in [0.15, 0.2) is 48.5 Å². The van der Waals surface area contributed by atoms with Crippen molar-refractivity contribution in [2.75, 3.05) is 23.9 Å². The molecule has 152 valence electrons. The summed E-state index contributed by atoms with van der Waals surface area (Å²) in [7, 11) is -3.30. The fourth-order valence-corrected chi connectivity index (χ4v) is 5.03. The van der Waals surface area contributed by atoms with Gasteiger partial charge in [-0.2, -0.15) is 0 Å². The van der Waals surface area contributed by atoms with Crippen LogP contribution in [0.2, 0.25) is 0 Å². The first-order valence-corrected chi connectivity index (χ1v) is 11.4. The number of hydrogen-bond acceptors (Lipinski definition) is 4. The highest BCUT2D eigenvalue weighted by atomic mass is 32.2. The Balaban J connectivity index is 1.80. The number of nitrogens with one attached hydrogen (secondary N) is 1. The maximum Gasteiger partial charge on any atom is 0.237 e. The summed E-state index contributed by atoms with van der Waals surface area (Å²) < 4.78 is 36.6. The molecule has 2 heterocycles. The van der Waals surface area contributed by atoms with E-state index in [9.17, 15) is 22.4 Å². The quantitative estimate of drug-likeness (QED) is 0.830. The van der Waals surface area contributed by atoms with Crippen LogP contribution in [-0.4, -0.2) is 43.7 Å². The van der Waals surface area contributed by atoms with Gasteiger partial charge < -0.3 is 10.2 Å². The number of nitrogens with zero attached hydrogens (tertiary/aromatic N) is 1. The number of halogens is 1. The highest BCUT2D eigenvalue weighted by Crippen LogP contribution is 2.54. The molecule has 0 unspecified atom stereocenters. The Hall–Kier alpha value is -2.74. The van der Waals surface area contributed by atoms with E-state index in [-0.39, 0.29) is 24.0 Å². The van der Waals surface area contributed by atoms with Gasteiger partial charge in [-0.15, -0.1) is 0 Å². The van der Waals surface area contributed by atoms with E-state index in [0.717, 1.165) is 11.8 Å². The van der Waals surface area contributed by atoms with Gasteiger partial charge in [0.05, 0.1) is 11.8 Å². The standard InChI is InChI=1S/C21H21FN2O4S/c1-29(27,28)13-10-18(25)24-12-11-21(19(24)14-6-8-15(22)9-7-14)16-4-2-3-5-17(16)23-20(21)26/h2-9,19H,10-13H2,1H3,(H,23,26)/t19-,21+/m0/s1. The fourth-order valence-electron chi connectivity index (χ4n) is 4.48. The molecule has 2 aromatic carbocycles. The minimum absolute atomic E-state index is 0.157. The molecule has 0 radical (unpaired) electrons. The van der Waals surface area contributed by atoms with Gasteiger partial charge in [-0.3, -0.25) is 9.59 Å². The van der Waals surface area contributed by atoms with Gasteiger partial charge in [-0.05, 0) is 35.7 Å². The van der Waals surface area contributed by atoms with Crippen molar-refractivity contribution in [3.05, 3.63) is 65.5 Å². The summed E-state index contributed by atoms with van der Waals surface area (Å²) in [4.78, 5) is 27.7. The topological polar surface area (TPSA) is 83.6 Å². The van der Waals surface area contributed by atoms with Gasteiger partial charge >= 0.3 is 0 Å². The number of carbonyl (C=O) groups excluding carboxylic acids is 2. The fraction of sp³-hybridized carbons (Fsp3) is 0.333. The average Bonchev–Trinajstić information content (AvgIpc) is 3.20. The second-order valence-corrected chi connectivity index (χ2v) is 9.90. The van der Waals surface area contributed by atoms with Crippen molar-refractivity contribution >= 4 is 27.3 Å². The van der Waals surface area contributed by atoms with Gasteiger partial charge in [0.25, 0.3) is 0 Å². The zero-order valence-corrected chi connectivity index (χ0v) is 16.7. The molecular formula is C21H21FN2O4S. The van der Waals surface area contributed by atoms with E-state index in [0.29, 0.717) is 24.2 Å². The van der Waals surface area contributed by atoms with Gasteiger partial charge in [-0.25, -0.2) is 12.8 Å². The number of hydrogen-bond donors (Lipinski definition) is 1. The molecule has 0 aromatic heterocycles. The first kappa shape index (κ1) is 19.6. The maximum absolute atomic E-state index is 13.5. The zero-order valence-electron chi connectivity index (χ0n) is 15.9. The predicted octanol–water partition coefficient (Wildman–Crippen LogP) is 2.42. The Labute approximate surface area is 168 Å². The molecule has 2 aliphatic heterocycles. The number of carbonyl (C=O) groups is 2. The molecule has 0 aliphatic carbocycles. The van der Waals surface area contributed by atoms with Gasteiger partial charge in [0, 0.05) is 24.9 Å². The SMILES string of the molecule is CS(=O)(=O)CCC(=O)N1CC[C@]2(C(=O)Nc3ccccc32)[C@@H]1c1ccc(F)cc1. The molecule has 0 saturated carbocycles. The van der Waals surface area contributed by atoms with E-state index in [2.05, 4.69) is 5.32 Å². The van der Waals surface area contributed by atoms with Crippen molar-refractivity contribution in [2.24, 2.45) is 0 Å². The van der Waals surface area contributed by atoms with E-state index in [1.807, 2.05) is 24.3 Å². The Morgan fingerprint density at radius 1 is 1.21 bits per heavy atom. The number of rotatable bonds is 4. The summed E-state index contributed by atoms with van der Waals surface area (Å²) in [6.07, 6.45) is 1.34. The summed E-state index contributed by atoms with van der Waals surface area (Å²) in [5.41, 5.74) is 1.16. The highest BCUT2D eigenvalue weighted by Gasteiger charge is 2.59. The average molecular weight is 416 g/mol. The van der Waals surface area contributed by atoms with Crippen LogP contribution in [0.5, 0.6) is 0 Å². The normalized spacial score (nSPS) is 23.3. The second kappa shape index (κ2) is 6.95. The van der Waals surface area contributed by atoms with E-state index >= 15 is 0 Å². The first-order valence-electron chi connectivity index (χ1n) is 9.36. The van der Waals surface area contributed by atoms with Crippen molar-refractivity contribution in [3.63, 3.8) is 0 Å². The largest absolute Gasteiger partial charge is 0.334 e. The highest BCUT2D eigenvalue weighted by molar-refractivity contribution is 7.90. The summed E-state index contributed by atoms with van der Waals surface area (Å²) in [5.74, 6) is -1.20. The van der Waals surface area contributed by atoms with E-state index in [1.54, 1.807) is 17.0 Å². The molecule has 1 saturated heterocycles. The number of benzene rings is 2. The van der Waals surface area contributed by atoms with Crippen LogP contribution in [-0.2, 0) is 24.8 Å². The second-order valence-electron chi connectivity index (χ2n) is 7.64. The molecule has 1 spiro atoms. The van der Waals surface area contributed by atoms with Crippen molar-refractivity contribution in [1.82, 2.24) is 4.90 Å². The van der Waals surface area contributed by atoms with Gasteiger partial charge in [0.1, 0.15) is 21.1 Å². The monoisotopic (exact) mass is 416 g/mol. The van der Waals surface area contributed by atoms with E-state index in [4.69, 9.17) is 0 Å². The van der Waals surface area contributed by atoms with E-state index in [1.165, 1.54) is 12.1 Å². The molecule has 2 amide bonds. The summed E-state index contributed by atoms with van der Waals surface area (Å²) in [5, 5.41) is 2.91. The van der Waals surface area contributed by atoms with Crippen molar-refractivity contribution < 1.29 is 22.4 Å². The molecule has 1 fully saturated rings. The molecule has 2 aliphatic rings. The molecule has 1 N–H and O–H groups in total. The molecule has 29 heavy (non-hydrogen) atoms. The molecular weight excluding hydrogens is 395 g/mol. The molecule has 2 aromatic rings. The number of amides is 2. The Kier molecular flexibility index (Phi) is 4.69. The van der Waals surface area contributed by atoms with Crippen LogP contribution in [0, 0.1) is 5.82 Å². The minimum atomic E-state index is -3.30. The van der Waals surface area contributed by atoms with Crippen molar-refractivity contribution in [2.45, 2.75) is 24.3 Å². The predicted molar refractivity (Wildman–Crippen MR) is 107 cm³/mol. The minimum Gasteiger partial charge on any atom is -0.334 e. The summed E-state index contributed by atoms with van der Waals surface area (Å²) in [6.45, 7) is 0.312. The number of sulfone groups is 1. The molecule has 6 nitrogen and oxygen atoms in total. The third-order valence-corrected chi connectivity index (χ3v) is 6.73. The number of fused-ring (bicyclic) bond motifs is 2. The third kappa shape index (κ3) is 3.31. The Morgan fingerprint density at radius 2 is 1.90 bits per heavy atom. The lowest BCUT2D eigenvalue weighted by Crippen LogP contribution is -2.42.